The number of nitrogens with zero attached hydrogens (tertiary/aromatic N) is 3. The fraction of sp³-hybridized carbons (Fsp3) is 0.500. The van der Waals surface area contributed by atoms with Crippen LogP contribution in [-0.2, 0) is 16.0 Å². The summed E-state index contributed by atoms with van der Waals surface area (Å²) in [6, 6.07) is 6.98. The molecule has 106 valence electrons. The molecule has 1 aromatic rings. The number of hydrogen-bond donors (Lipinski definition) is 0. The van der Waals surface area contributed by atoms with E-state index in [4.69, 9.17) is 15.0 Å². The van der Waals surface area contributed by atoms with Gasteiger partial charge in [0.1, 0.15) is 6.10 Å². The Hall–Kier alpha value is -2.04. The second kappa shape index (κ2) is 6.41. The van der Waals surface area contributed by atoms with Crippen molar-refractivity contribution in [2.45, 2.75) is 45.1 Å². The van der Waals surface area contributed by atoms with Crippen molar-refractivity contribution in [1.82, 2.24) is 0 Å². The Labute approximate surface area is 117 Å². The van der Waals surface area contributed by atoms with Gasteiger partial charge in [-0.25, -0.2) is 4.79 Å². The highest BCUT2D eigenvalue weighted by Crippen LogP contribution is 2.24. The van der Waals surface area contributed by atoms with Crippen molar-refractivity contribution >= 4 is 5.97 Å². The van der Waals surface area contributed by atoms with Crippen molar-refractivity contribution < 1.29 is 14.3 Å². The molecule has 1 fully saturated rings. The average molecular weight is 275 g/mol. The van der Waals surface area contributed by atoms with Gasteiger partial charge in [-0.15, -0.1) is 0 Å². The summed E-state index contributed by atoms with van der Waals surface area (Å²) in [5.74, 6) is -0.400. The van der Waals surface area contributed by atoms with Crippen LogP contribution in [0.25, 0.3) is 10.4 Å². The van der Waals surface area contributed by atoms with Crippen LogP contribution in [0.5, 0.6) is 0 Å². The lowest BCUT2D eigenvalue weighted by Crippen LogP contribution is -2.25. The van der Waals surface area contributed by atoms with Crippen molar-refractivity contribution in [2.24, 2.45) is 5.11 Å². The Balaban J connectivity index is 2.11. The van der Waals surface area contributed by atoms with Crippen LogP contribution >= 0.6 is 0 Å². The summed E-state index contributed by atoms with van der Waals surface area (Å²) < 4.78 is 11.1. The fourth-order valence-electron chi connectivity index (χ4n) is 2.34. The van der Waals surface area contributed by atoms with Crippen LogP contribution in [0.2, 0.25) is 0 Å². The maximum atomic E-state index is 12.2. The van der Waals surface area contributed by atoms with Crippen molar-refractivity contribution in [3.63, 3.8) is 0 Å². The molecule has 1 heterocycles. The molecule has 6 heteroatoms. The number of hydrogen-bond acceptors (Lipinski definition) is 4. The van der Waals surface area contributed by atoms with E-state index in [1.807, 2.05) is 13.8 Å². The summed E-state index contributed by atoms with van der Waals surface area (Å²) >= 11 is 0. The molecule has 0 radical (unpaired) electrons. The molecule has 2 rings (SSSR count). The Kier molecular flexibility index (Phi) is 4.61. The van der Waals surface area contributed by atoms with Crippen LogP contribution in [0.3, 0.4) is 0 Å². The zero-order chi connectivity index (χ0) is 14.5. The molecular formula is C14H17N3O3. The van der Waals surface area contributed by atoms with Crippen molar-refractivity contribution in [3.05, 3.63) is 45.8 Å². The maximum absolute atomic E-state index is 12.2. The van der Waals surface area contributed by atoms with Gasteiger partial charge >= 0.3 is 5.97 Å². The van der Waals surface area contributed by atoms with E-state index in [0.717, 1.165) is 0 Å². The summed E-state index contributed by atoms with van der Waals surface area (Å²) in [6.45, 7) is 3.99. The first-order valence-electron chi connectivity index (χ1n) is 6.57. The highest BCUT2D eigenvalue weighted by Gasteiger charge is 2.33. The molecule has 20 heavy (non-hydrogen) atoms. The van der Waals surface area contributed by atoms with E-state index in [1.165, 1.54) is 0 Å². The SMILES string of the molecule is C[C@H]1C[C@@H](OC(=O)c2ccccc2CN=[N+]=[N-])[C@@H](C)O1. The van der Waals surface area contributed by atoms with E-state index < -0.39 is 5.97 Å². The van der Waals surface area contributed by atoms with Gasteiger partial charge in [-0.05, 0) is 31.0 Å². The Morgan fingerprint density at radius 2 is 2.25 bits per heavy atom. The van der Waals surface area contributed by atoms with Crippen molar-refractivity contribution in [3.8, 4) is 0 Å². The van der Waals surface area contributed by atoms with Gasteiger partial charge in [0.2, 0.25) is 0 Å². The zero-order valence-corrected chi connectivity index (χ0v) is 11.5. The molecule has 0 bridgehead atoms. The van der Waals surface area contributed by atoms with Gasteiger partial charge in [0.15, 0.2) is 0 Å². The minimum absolute atomic E-state index is 0.0984. The van der Waals surface area contributed by atoms with Gasteiger partial charge < -0.3 is 9.47 Å². The Morgan fingerprint density at radius 1 is 1.50 bits per heavy atom. The third kappa shape index (κ3) is 3.29. The van der Waals surface area contributed by atoms with E-state index in [2.05, 4.69) is 10.0 Å². The zero-order valence-electron chi connectivity index (χ0n) is 11.5. The second-order valence-corrected chi connectivity index (χ2v) is 4.88. The molecule has 1 aromatic carbocycles. The number of carbonyl (C=O) groups excluding carboxylic acids is 1. The largest absolute Gasteiger partial charge is 0.456 e. The minimum atomic E-state index is -0.400. The lowest BCUT2D eigenvalue weighted by Gasteiger charge is -2.16. The summed E-state index contributed by atoms with van der Waals surface area (Å²) in [4.78, 5) is 14.9. The average Bonchev–Trinajstić information content (AvgIpc) is 2.75. The van der Waals surface area contributed by atoms with Gasteiger partial charge in [0.25, 0.3) is 0 Å². The van der Waals surface area contributed by atoms with Gasteiger partial charge in [0.05, 0.1) is 24.3 Å². The van der Waals surface area contributed by atoms with Crippen molar-refractivity contribution in [2.75, 3.05) is 0 Å². The van der Waals surface area contributed by atoms with Crippen LogP contribution in [0.15, 0.2) is 29.4 Å². The fourth-order valence-corrected chi connectivity index (χ4v) is 2.34. The van der Waals surface area contributed by atoms with E-state index >= 15 is 0 Å². The third-order valence-corrected chi connectivity index (χ3v) is 3.33. The molecule has 0 N–H and O–H groups in total. The first kappa shape index (κ1) is 14.4. The molecule has 3 atom stereocenters. The number of carbonyl (C=O) groups is 1. The van der Waals surface area contributed by atoms with E-state index in [1.54, 1.807) is 24.3 Å². The molecule has 1 aliphatic heterocycles. The molecule has 1 saturated heterocycles. The summed E-state index contributed by atoms with van der Waals surface area (Å²) in [5.41, 5.74) is 9.48. The first-order valence-corrected chi connectivity index (χ1v) is 6.57. The highest BCUT2D eigenvalue weighted by molar-refractivity contribution is 5.91. The van der Waals surface area contributed by atoms with E-state index in [9.17, 15) is 4.79 Å². The molecule has 6 nitrogen and oxygen atoms in total. The summed E-state index contributed by atoms with van der Waals surface area (Å²) in [6.07, 6.45) is 0.468. The van der Waals surface area contributed by atoms with Gasteiger partial charge in [-0.3, -0.25) is 0 Å². The molecule has 0 aliphatic carbocycles. The number of esters is 1. The van der Waals surface area contributed by atoms with Crippen LogP contribution in [0.4, 0.5) is 0 Å². The topological polar surface area (TPSA) is 84.3 Å². The van der Waals surface area contributed by atoms with Crippen LogP contribution in [-0.4, -0.2) is 24.3 Å². The van der Waals surface area contributed by atoms with E-state index in [-0.39, 0.29) is 24.9 Å². The normalized spacial score (nSPS) is 25.0. The van der Waals surface area contributed by atoms with Crippen LogP contribution in [0, 0.1) is 0 Å². The molecular weight excluding hydrogens is 258 g/mol. The van der Waals surface area contributed by atoms with Crippen LogP contribution in [0.1, 0.15) is 36.2 Å². The lowest BCUT2D eigenvalue weighted by molar-refractivity contribution is -0.00143. The number of rotatable bonds is 4. The molecule has 0 unspecified atom stereocenters. The van der Waals surface area contributed by atoms with Gasteiger partial charge in [-0.2, -0.15) is 0 Å². The van der Waals surface area contributed by atoms with Crippen LogP contribution < -0.4 is 0 Å². The second-order valence-electron chi connectivity index (χ2n) is 4.88. The molecule has 0 amide bonds. The third-order valence-electron chi connectivity index (χ3n) is 3.33. The first-order chi connectivity index (χ1) is 9.61. The molecule has 0 saturated carbocycles. The molecule has 0 spiro atoms. The van der Waals surface area contributed by atoms with E-state index in [0.29, 0.717) is 17.5 Å². The number of azide groups is 1. The van der Waals surface area contributed by atoms with Crippen molar-refractivity contribution in [1.29, 1.82) is 0 Å². The van der Waals surface area contributed by atoms with Gasteiger partial charge in [-0.1, -0.05) is 23.3 Å². The standard InChI is InChI=1S/C14H17N3O3/c1-9-7-13(10(2)19-9)20-14(18)12-6-4-3-5-11(12)8-16-17-15/h3-6,9-10,13H,7-8H2,1-2H3/t9-,10+,13+/m0/s1. The quantitative estimate of drug-likeness (QED) is 0.366. The number of benzene rings is 1. The Bertz CT molecular complexity index is 540. The van der Waals surface area contributed by atoms with Gasteiger partial charge in [0, 0.05) is 11.3 Å². The monoisotopic (exact) mass is 275 g/mol. The highest BCUT2D eigenvalue weighted by atomic mass is 16.6. The lowest BCUT2D eigenvalue weighted by atomic mass is 10.1. The maximum Gasteiger partial charge on any atom is 0.338 e. The summed E-state index contributed by atoms with van der Waals surface area (Å²) in [7, 11) is 0. The predicted octanol–water partition coefficient (Wildman–Crippen LogP) is 3.22. The molecule has 1 aliphatic rings. The number of ether oxygens (including phenoxy) is 2. The smallest absolute Gasteiger partial charge is 0.338 e. The molecule has 0 aromatic heterocycles. The predicted molar refractivity (Wildman–Crippen MR) is 73.1 cm³/mol. The summed E-state index contributed by atoms with van der Waals surface area (Å²) in [5, 5.41) is 3.49. The minimum Gasteiger partial charge on any atom is -0.456 e. The Morgan fingerprint density at radius 3 is 2.90 bits per heavy atom.